The molecule has 1 saturated carbocycles. The monoisotopic (exact) mass is 248 g/mol. The maximum Gasteiger partial charge on any atom is 0.0242 e. The van der Waals surface area contributed by atoms with Gasteiger partial charge >= 0.3 is 0 Å². The second kappa shape index (κ2) is 8.32. The van der Waals surface area contributed by atoms with Crippen molar-refractivity contribution in [2.75, 3.05) is 27.2 Å². The topological polar surface area (TPSA) is 15.3 Å². The summed E-state index contributed by atoms with van der Waals surface area (Å²) in [6.07, 6.45) is 5.49. The molecule has 0 spiro atoms. The lowest BCUT2D eigenvalue weighted by Gasteiger charge is -2.25. The zero-order valence-electron chi connectivity index (χ0n) is 11.3. The Morgan fingerprint density at radius 2 is 1.69 bits per heavy atom. The molecular formula is C13H29ClN2. The third-order valence-electron chi connectivity index (χ3n) is 3.77. The molecule has 1 fully saturated rings. The quantitative estimate of drug-likeness (QED) is 0.711. The highest BCUT2D eigenvalue weighted by atomic mass is 35.5. The molecule has 0 amide bonds. The molecule has 0 heterocycles. The maximum absolute atomic E-state index is 3.65. The Hall–Kier alpha value is 0.210. The van der Waals surface area contributed by atoms with Gasteiger partial charge < -0.3 is 10.2 Å². The molecule has 3 heteroatoms. The van der Waals surface area contributed by atoms with Gasteiger partial charge in [-0.1, -0.05) is 26.7 Å². The number of halogens is 1. The molecule has 1 aliphatic carbocycles. The summed E-state index contributed by atoms with van der Waals surface area (Å²) in [7, 11) is 4.42. The van der Waals surface area contributed by atoms with E-state index in [4.69, 9.17) is 0 Å². The lowest BCUT2D eigenvalue weighted by atomic mass is 10.0. The van der Waals surface area contributed by atoms with Gasteiger partial charge in [0.05, 0.1) is 0 Å². The van der Waals surface area contributed by atoms with E-state index in [-0.39, 0.29) is 12.4 Å². The zero-order valence-corrected chi connectivity index (χ0v) is 12.1. The lowest BCUT2D eigenvalue weighted by Crippen LogP contribution is -2.40. The van der Waals surface area contributed by atoms with Crippen LogP contribution < -0.4 is 5.32 Å². The van der Waals surface area contributed by atoms with Gasteiger partial charge in [-0.2, -0.15) is 0 Å². The van der Waals surface area contributed by atoms with Gasteiger partial charge in [0.1, 0.15) is 0 Å². The van der Waals surface area contributed by atoms with Crippen LogP contribution in [0.15, 0.2) is 0 Å². The fourth-order valence-corrected chi connectivity index (χ4v) is 2.26. The van der Waals surface area contributed by atoms with E-state index < -0.39 is 0 Å². The van der Waals surface area contributed by atoms with Gasteiger partial charge in [0.2, 0.25) is 0 Å². The number of rotatable bonds is 8. The fraction of sp³-hybridized carbons (Fsp3) is 1.00. The van der Waals surface area contributed by atoms with Gasteiger partial charge in [0, 0.05) is 12.6 Å². The van der Waals surface area contributed by atoms with Crippen LogP contribution in [0.5, 0.6) is 0 Å². The minimum Gasteiger partial charge on any atom is -0.315 e. The summed E-state index contributed by atoms with van der Waals surface area (Å²) in [5.41, 5.74) is 0. The van der Waals surface area contributed by atoms with Gasteiger partial charge in [-0.3, -0.25) is 0 Å². The van der Waals surface area contributed by atoms with Crippen molar-refractivity contribution in [3.63, 3.8) is 0 Å². The smallest absolute Gasteiger partial charge is 0.0242 e. The maximum atomic E-state index is 3.65. The van der Waals surface area contributed by atoms with Crippen molar-refractivity contribution in [3.8, 4) is 0 Å². The van der Waals surface area contributed by atoms with Crippen LogP contribution in [-0.4, -0.2) is 38.1 Å². The summed E-state index contributed by atoms with van der Waals surface area (Å²) in [6.45, 7) is 6.96. The minimum absolute atomic E-state index is 0. The first-order chi connectivity index (χ1) is 7.19. The first kappa shape index (κ1) is 16.2. The molecule has 1 rings (SSSR count). The van der Waals surface area contributed by atoms with Gasteiger partial charge in [-0.15, -0.1) is 12.4 Å². The van der Waals surface area contributed by atoms with E-state index in [0.29, 0.717) is 0 Å². The summed E-state index contributed by atoms with van der Waals surface area (Å²) >= 11 is 0. The Kier molecular flexibility index (Phi) is 8.43. The van der Waals surface area contributed by atoms with Crippen molar-refractivity contribution >= 4 is 12.4 Å². The van der Waals surface area contributed by atoms with Crippen LogP contribution in [0.25, 0.3) is 0 Å². The van der Waals surface area contributed by atoms with E-state index in [1.807, 2.05) is 0 Å². The molecule has 0 aromatic carbocycles. The predicted octanol–water partition coefficient (Wildman–Crippen LogP) is 2.77. The number of likely N-dealkylation sites (N-methyl/N-ethyl adjacent to an activating group) is 1. The zero-order chi connectivity index (χ0) is 11.3. The Morgan fingerprint density at radius 3 is 2.06 bits per heavy atom. The van der Waals surface area contributed by atoms with E-state index in [1.54, 1.807) is 0 Å². The van der Waals surface area contributed by atoms with Crippen LogP contribution in [-0.2, 0) is 0 Å². The number of nitrogens with zero attached hydrogens (tertiary/aromatic N) is 1. The summed E-state index contributed by atoms with van der Waals surface area (Å²) in [5, 5.41) is 3.65. The Labute approximate surface area is 108 Å². The highest BCUT2D eigenvalue weighted by Crippen LogP contribution is 2.34. The molecule has 0 radical (unpaired) electrons. The normalized spacial score (nSPS) is 17.6. The average Bonchev–Trinajstić information content (AvgIpc) is 3.01. The largest absolute Gasteiger partial charge is 0.315 e. The summed E-state index contributed by atoms with van der Waals surface area (Å²) in [5.74, 6) is 1.83. The molecule has 98 valence electrons. The summed E-state index contributed by atoms with van der Waals surface area (Å²) < 4.78 is 0. The highest BCUT2D eigenvalue weighted by Gasteiger charge is 2.32. The first-order valence-corrected chi connectivity index (χ1v) is 6.56. The van der Waals surface area contributed by atoms with Crippen molar-refractivity contribution in [2.24, 2.45) is 11.8 Å². The third-order valence-corrected chi connectivity index (χ3v) is 3.77. The average molecular weight is 249 g/mol. The third kappa shape index (κ3) is 5.51. The van der Waals surface area contributed by atoms with Crippen LogP contribution >= 0.6 is 12.4 Å². The van der Waals surface area contributed by atoms with Crippen molar-refractivity contribution in [1.82, 2.24) is 10.2 Å². The molecule has 0 bridgehead atoms. The molecule has 0 aromatic rings. The van der Waals surface area contributed by atoms with Crippen LogP contribution in [0, 0.1) is 11.8 Å². The second-order valence-electron chi connectivity index (χ2n) is 5.21. The standard InChI is InChI=1S/C13H28N2.ClH/c1-5-11(6-2)9-14-10-13(15(3)4)12-7-8-12;/h11-14H,5-10H2,1-4H3;1H. The molecule has 2 nitrogen and oxygen atoms in total. The van der Waals surface area contributed by atoms with Crippen LogP contribution in [0.2, 0.25) is 0 Å². The molecular weight excluding hydrogens is 220 g/mol. The molecule has 1 N–H and O–H groups in total. The van der Waals surface area contributed by atoms with E-state index >= 15 is 0 Å². The van der Waals surface area contributed by atoms with Crippen LogP contribution in [0.3, 0.4) is 0 Å². The molecule has 1 unspecified atom stereocenters. The molecule has 1 aliphatic rings. The van der Waals surface area contributed by atoms with Crippen molar-refractivity contribution < 1.29 is 0 Å². The van der Waals surface area contributed by atoms with Crippen molar-refractivity contribution in [1.29, 1.82) is 0 Å². The SMILES string of the molecule is CCC(CC)CNCC(C1CC1)N(C)C.Cl. The van der Waals surface area contributed by atoms with E-state index in [9.17, 15) is 0 Å². The Bertz CT molecular complexity index is 163. The van der Waals surface area contributed by atoms with Gasteiger partial charge in [0.25, 0.3) is 0 Å². The molecule has 0 aliphatic heterocycles. The number of hydrogen-bond acceptors (Lipinski definition) is 2. The fourth-order valence-electron chi connectivity index (χ4n) is 2.26. The molecule has 1 atom stereocenters. The number of hydrogen-bond donors (Lipinski definition) is 1. The van der Waals surface area contributed by atoms with Crippen LogP contribution in [0.4, 0.5) is 0 Å². The summed E-state index contributed by atoms with van der Waals surface area (Å²) in [4.78, 5) is 2.39. The molecule has 16 heavy (non-hydrogen) atoms. The first-order valence-electron chi connectivity index (χ1n) is 6.56. The van der Waals surface area contributed by atoms with Gasteiger partial charge in [-0.05, 0) is 45.3 Å². The summed E-state index contributed by atoms with van der Waals surface area (Å²) in [6, 6.07) is 0.763. The van der Waals surface area contributed by atoms with E-state index in [1.165, 1.54) is 38.8 Å². The predicted molar refractivity (Wildman–Crippen MR) is 74.4 cm³/mol. The Balaban J connectivity index is 0.00000225. The molecule has 0 saturated heterocycles. The van der Waals surface area contributed by atoms with Crippen molar-refractivity contribution in [2.45, 2.75) is 45.6 Å². The molecule has 0 aromatic heterocycles. The Morgan fingerprint density at radius 1 is 1.12 bits per heavy atom. The van der Waals surface area contributed by atoms with Gasteiger partial charge in [0.15, 0.2) is 0 Å². The number of nitrogens with one attached hydrogen (secondary N) is 1. The van der Waals surface area contributed by atoms with Crippen LogP contribution in [0.1, 0.15) is 39.5 Å². The van der Waals surface area contributed by atoms with E-state index in [2.05, 4.69) is 38.2 Å². The highest BCUT2D eigenvalue weighted by molar-refractivity contribution is 5.85. The second-order valence-corrected chi connectivity index (χ2v) is 5.21. The van der Waals surface area contributed by atoms with Crippen molar-refractivity contribution in [3.05, 3.63) is 0 Å². The minimum atomic E-state index is 0. The lowest BCUT2D eigenvalue weighted by molar-refractivity contribution is 0.251. The van der Waals surface area contributed by atoms with Gasteiger partial charge in [-0.25, -0.2) is 0 Å². The van der Waals surface area contributed by atoms with E-state index in [0.717, 1.165) is 17.9 Å².